The summed E-state index contributed by atoms with van der Waals surface area (Å²) in [6.45, 7) is 5.49. The lowest BCUT2D eigenvalue weighted by Crippen LogP contribution is -2.61. The lowest BCUT2D eigenvalue weighted by molar-refractivity contribution is -0.140. The molecular weight excluding hydrogens is 595 g/mol. The first-order chi connectivity index (χ1) is 20.3. The maximum atomic E-state index is 14.1. The van der Waals surface area contributed by atoms with Crippen LogP contribution in [0.3, 0.4) is 0 Å². The molecule has 1 aromatic carbocycles. The number of rotatable bonds is 7. The number of benzene rings is 1. The van der Waals surface area contributed by atoms with Crippen molar-refractivity contribution in [3.8, 4) is 0 Å². The van der Waals surface area contributed by atoms with Crippen LogP contribution >= 0.6 is 11.6 Å². The average molecular weight is 627 g/mol. The molecule has 3 aliphatic rings. The number of alkyl halides is 5. The van der Waals surface area contributed by atoms with E-state index in [1.807, 2.05) is 28.2 Å². The number of aldehydes is 1. The van der Waals surface area contributed by atoms with Gasteiger partial charge in [-0.05, 0) is 61.9 Å². The zero-order valence-electron chi connectivity index (χ0n) is 23.7. The molecule has 2 aliphatic heterocycles. The number of aryl methyl sites for hydroxylation is 1. The van der Waals surface area contributed by atoms with Crippen molar-refractivity contribution in [3.63, 3.8) is 0 Å². The average Bonchev–Trinajstić information content (AvgIpc) is 3.55. The van der Waals surface area contributed by atoms with Crippen LogP contribution in [-0.2, 0) is 22.3 Å². The molecular formula is C29H32ClF5N6O2. The first-order valence-corrected chi connectivity index (χ1v) is 14.8. The number of aromatic nitrogens is 4. The molecule has 1 unspecified atom stereocenters. The van der Waals surface area contributed by atoms with Gasteiger partial charge in [0.25, 0.3) is 0 Å². The Morgan fingerprint density at radius 3 is 2.47 bits per heavy atom. The quantitative estimate of drug-likeness (QED) is 0.185. The number of hydrogen-bond acceptors (Lipinski definition) is 7. The van der Waals surface area contributed by atoms with Crippen molar-refractivity contribution in [2.75, 3.05) is 24.6 Å². The van der Waals surface area contributed by atoms with E-state index in [4.69, 9.17) is 21.3 Å². The van der Waals surface area contributed by atoms with Crippen LogP contribution in [0.25, 0.3) is 11.2 Å². The number of hydrogen-bond donors (Lipinski definition) is 0. The molecule has 4 heterocycles. The van der Waals surface area contributed by atoms with E-state index in [1.54, 1.807) is 0 Å². The third-order valence-electron chi connectivity index (χ3n) is 8.90. The Hall–Kier alpha value is -2.90. The number of anilines is 1. The largest absolute Gasteiger partial charge is 0.416 e. The van der Waals surface area contributed by atoms with Gasteiger partial charge in [-0.15, -0.1) is 0 Å². The lowest BCUT2D eigenvalue weighted by atomic mass is 9.73. The summed E-state index contributed by atoms with van der Waals surface area (Å²) in [7, 11) is 0. The van der Waals surface area contributed by atoms with Crippen LogP contribution in [0.15, 0.2) is 24.3 Å². The molecule has 43 heavy (non-hydrogen) atoms. The summed E-state index contributed by atoms with van der Waals surface area (Å²) < 4.78 is 75.6. The molecule has 8 nitrogen and oxygen atoms in total. The van der Waals surface area contributed by atoms with Crippen molar-refractivity contribution in [2.24, 2.45) is 5.92 Å². The minimum absolute atomic E-state index is 0.0209. The van der Waals surface area contributed by atoms with Gasteiger partial charge in [0.1, 0.15) is 12.1 Å². The monoisotopic (exact) mass is 626 g/mol. The van der Waals surface area contributed by atoms with Crippen LogP contribution < -0.4 is 4.90 Å². The van der Waals surface area contributed by atoms with Crippen LogP contribution in [0, 0.1) is 12.8 Å². The minimum atomic E-state index is -4.53. The van der Waals surface area contributed by atoms with Crippen molar-refractivity contribution in [1.29, 1.82) is 0 Å². The Kier molecular flexibility index (Phi) is 7.87. The number of carbonyl (C=O) groups is 1. The highest BCUT2D eigenvalue weighted by atomic mass is 35.5. The van der Waals surface area contributed by atoms with Crippen molar-refractivity contribution in [1.82, 2.24) is 24.4 Å². The Morgan fingerprint density at radius 1 is 1.14 bits per heavy atom. The second-order valence-electron chi connectivity index (χ2n) is 11.9. The first kappa shape index (κ1) is 30.1. The van der Waals surface area contributed by atoms with Crippen molar-refractivity contribution in [3.05, 3.63) is 46.5 Å². The van der Waals surface area contributed by atoms with Gasteiger partial charge in [-0.3, -0.25) is 4.90 Å². The molecule has 0 N–H and O–H groups in total. The van der Waals surface area contributed by atoms with E-state index >= 15 is 0 Å². The van der Waals surface area contributed by atoms with Crippen molar-refractivity contribution in [2.45, 2.75) is 82.4 Å². The molecule has 14 heteroatoms. The molecule has 4 atom stereocenters. The molecule has 0 spiro atoms. The predicted molar refractivity (Wildman–Crippen MR) is 149 cm³/mol. The fourth-order valence-electron chi connectivity index (χ4n) is 6.78. The number of halogens is 6. The number of nitrogens with zero attached hydrogens (tertiary/aromatic N) is 6. The van der Waals surface area contributed by atoms with Gasteiger partial charge in [-0.1, -0.05) is 12.1 Å². The standard InChI is InChI=1S/C29H32ClF5N6O2/c1-16-12-41(24(19-10-28(31,32)11-19)18-5-7-20(8-6-18)29(33,34)35)21(15-42)13-39(16)25-23-26(38-27(30)37-25)40(17(2)36-23)14-22-4-3-9-43-22/h5-8,15-16,19,21-22,24H,3-4,9-14H2,1-2H3/t16-,21-,22-,24?/m0/s1. The lowest BCUT2D eigenvalue weighted by Gasteiger charge is -2.51. The van der Waals surface area contributed by atoms with Crippen LogP contribution in [0.5, 0.6) is 0 Å². The molecule has 1 aliphatic carbocycles. The molecule has 2 aromatic heterocycles. The third kappa shape index (κ3) is 5.83. The van der Waals surface area contributed by atoms with Gasteiger partial charge >= 0.3 is 6.18 Å². The zero-order valence-corrected chi connectivity index (χ0v) is 24.5. The predicted octanol–water partition coefficient (Wildman–Crippen LogP) is 5.85. The van der Waals surface area contributed by atoms with Gasteiger partial charge < -0.3 is 19.0 Å². The maximum absolute atomic E-state index is 14.1. The van der Waals surface area contributed by atoms with Gasteiger partial charge in [0, 0.05) is 44.6 Å². The summed E-state index contributed by atoms with van der Waals surface area (Å²) >= 11 is 6.41. The first-order valence-electron chi connectivity index (χ1n) is 14.4. The molecule has 3 aromatic rings. The summed E-state index contributed by atoms with van der Waals surface area (Å²) in [6.07, 6.45) is -2.62. The second kappa shape index (κ2) is 11.2. The molecule has 6 rings (SSSR count). The third-order valence-corrected chi connectivity index (χ3v) is 9.07. The number of ether oxygens (including phenoxy) is 1. The molecule has 0 bridgehead atoms. The van der Waals surface area contributed by atoms with E-state index in [-0.39, 0.29) is 30.5 Å². The normalized spacial score (nSPS) is 25.7. The summed E-state index contributed by atoms with van der Waals surface area (Å²) in [5.74, 6) is -2.19. The molecule has 232 valence electrons. The second-order valence-corrected chi connectivity index (χ2v) is 12.2. The van der Waals surface area contributed by atoms with Crippen molar-refractivity contribution >= 4 is 34.9 Å². The Bertz CT molecular complexity index is 1490. The molecule has 0 amide bonds. The van der Waals surface area contributed by atoms with Gasteiger partial charge in [0.2, 0.25) is 11.2 Å². The fraction of sp³-hybridized carbons (Fsp3) is 0.586. The van der Waals surface area contributed by atoms with E-state index in [1.165, 1.54) is 12.1 Å². The fourth-order valence-corrected chi connectivity index (χ4v) is 6.94. The highest BCUT2D eigenvalue weighted by Gasteiger charge is 2.52. The van der Waals surface area contributed by atoms with Gasteiger partial charge in [0.15, 0.2) is 17.0 Å². The molecule has 1 saturated carbocycles. The van der Waals surface area contributed by atoms with E-state index < -0.39 is 48.5 Å². The number of fused-ring (bicyclic) bond motifs is 1. The van der Waals surface area contributed by atoms with Gasteiger partial charge in [0.05, 0.1) is 24.3 Å². The summed E-state index contributed by atoms with van der Waals surface area (Å²) in [4.78, 5) is 30.1. The molecule has 2 saturated heterocycles. The summed E-state index contributed by atoms with van der Waals surface area (Å²) in [6, 6.07) is 2.90. The summed E-state index contributed by atoms with van der Waals surface area (Å²) in [5, 5.41) is 0.0209. The van der Waals surface area contributed by atoms with Crippen LogP contribution in [0.4, 0.5) is 27.8 Å². The zero-order chi connectivity index (χ0) is 30.7. The number of piperazine rings is 1. The van der Waals surface area contributed by atoms with Crippen LogP contribution in [-0.4, -0.2) is 74.5 Å². The van der Waals surface area contributed by atoms with E-state index in [2.05, 4.69) is 9.97 Å². The Labute approximate surface area is 250 Å². The smallest absolute Gasteiger partial charge is 0.376 e. The number of carbonyl (C=O) groups excluding carboxylic acids is 1. The van der Waals surface area contributed by atoms with E-state index in [0.29, 0.717) is 35.7 Å². The maximum Gasteiger partial charge on any atom is 0.416 e. The highest BCUT2D eigenvalue weighted by Crippen LogP contribution is 2.51. The summed E-state index contributed by atoms with van der Waals surface area (Å²) in [5.41, 5.74) is 0.734. The molecule has 3 fully saturated rings. The SMILES string of the molecule is Cc1nc2c(N3C[C@@H](C=O)N(C(c4ccc(C(F)(F)F)cc4)C4CC(F)(F)C4)C[C@@H]3C)nc(Cl)nc2n1C[C@@H]1CCCO1. The highest BCUT2D eigenvalue weighted by molar-refractivity contribution is 6.28. The van der Waals surface area contributed by atoms with Crippen LogP contribution in [0.2, 0.25) is 5.28 Å². The van der Waals surface area contributed by atoms with Gasteiger partial charge in [-0.2, -0.15) is 23.1 Å². The number of imidazole rings is 1. The topological polar surface area (TPSA) is 76.4 Å². The van der Waals surface area contributed by atoms with E-state index in [0.717, 1.165) is 37.1 Å². The Morgan fingerprint density at radius 2 is 1.86 bits per heavy atom. The minimum Gasteiger partial charge on any atom is -0.376 e. The van der Waals surface area contributed by atoms with Crippen molar-refractivity contribution < 1.29 is 31.5 Å². The molecule has 0 radical (unpaired) electrons. The van der Waals surface area contributed by atoms with Crippen LogP contribution in [0.1, 0.15) is 55.6 Å². The Balaban J connectivity index is 1.32. The van der Waals surface area contributed by atoms with Gasteiger partial charge in [-0.25, -0.2) is 13.8 Å². The van der Waals surface area contributed by atoms with E-state index in [9.17, 15) is 26.7 Å².